The topological polar surface area (TPSA) is 85.7 Å². The highest BCUT2D eigenvalue weighted by atomic mass is 16.2. The number of carbonyl (C=O) groups is 1. The summed E-state index contributed by atoms with van der Waals surface area (Å²) in [4.78, 5) is 18.0. The highest BCUT2D eigenvalue weighted by molar-refractivity contribution is 5.90. The molecule has 18 heavy (non-hydrogen) atoms. The molecule has 1 rings (SSSR count). The molecule has 1 amide bonds. The van der Waals surface area contributed by atoms with Crippen LogP contribution in [0.2, 0.25) is 0 Å². The van der Waals surface area contributed by atoms with E-state index in [-0.39, 0.29) is 17.8 Å². The molecule has 0 saturated heterocycles. The zero-order chi connectivity index (χ0) is 13.5. The van der Waals surface area contributed by atoms with Crippen LogP contribution in [0, 0.1) is 11.3 Å². The fraction of sp³-hybridized carbons (Fsp3) is 0.667. The van der Waals surface area contributed by atoms with E-state index in [2.05, 4.69) is 15.2 Å². The number of aryl methyl sites for hydroxylation is 1. The summed E-state index contributed by atoms with van der Waals surface area (Å²) in [5.41, 5.74) is 0. The summed E-state index contributed by atoms with van der Waals surface area (Å²) >= 11 is 0. The predicted octanol–water partition coefficient (Wildman–Crippen LogP) is 1.52. The third-order valence-corrected chi connectivity index (χ3v) is 2.56. The average molecular weight is 249 g/mol. The number of aromatic amines is 1. The van der Waals surface area contributed by atoms with Crippen molar-refractivity contribution < 1.29 is 4.79 Å². The first-order valence-electron chi connectivity index (χ1n) is 6.19. The Bertz CT molecular complexity index is 432. The van der Waals surface area contributed by atoms with E-state index in [1.807, 2.05) is 26.8 Å². The third kappa shape index (κ3) is 3.55. The van der Waals surface area contributed by atoms with Gasteiger partial charge in [-0.05, 0) is 20.3 Å². The lowest BCUT2D eigenvalue weighted by Gasteiger charge is -2.24. The Hall–Kier alpha value is -1.90. The van der Waals surface area contributed by atoms with Crippen molar-refractivity contribution in [1.82, 2.24) is 20.1 Å². The quantitative estimate of drug-likeness (QED) is 0.828. The number of hydrogen-bond acceptors (Lipinski definition) is 4. The van der Waals surface area contributed by atoms with Gasteiger partial charge in [-0.15, -0.1) is 5.10 Å². The van der Waals surface area contributed by atoms with Gasteiger partial charge in [-0.1, -0.05) is 6.92 Å². The van der Waals surface area contributed by atoms with Crippen LogP contribution in [0.15, 0.2) is 0 Å². The number of H-pyrrole nitrogens is 1. The zero-order valence-electron chi connectivity index (χ0n) is 11.1. The molecule has 0 saturated carbocycles. The highest BCUT2D eigenvalue weighted by Gasteiger charge is 2.22. The normalized spacial score (nSPS) is 10.4. The van der Waals surface area contributed by atoms with Gasteiger partial charge in [-0.25, -0.2) is 4.98 Å². The van der Waals surface area contributed by atoms with Crippen LogP contribution in [0.4, 0.5) is 0 Å². The van der Waals surface area contributed by atoms with E-state index < -0.39 is 0 Å². The SMILES string of the molecule is CCCc1nc(C(=O)N(CCC#N)C(C)C)n[nH]1. The maximum atomic E-state index is 12.2. The van der Waals surface area contributed by atoms with Gasteiger partial charge in [0, 0.05) is 19.0 Å². The highest BCUT2D eigenvalue weighted by Crippen LogP contribution is 2.06. The Morgan fingerprint density at radius 2 is 2.28 bits per heavy atom. The Morgan fingerprint density at radius 1 is 1.56 bits per heavy atom. The summed E-state index contributed by atoms with van der Waals surface area (Å²) in [6.45, 7) is 6.27. The van der Waals surface area contributed by atoms with Crippen LogP contribution >= 0.6 is 0 Å². The first-order chi connectivity index (χ1) is 8.60. The molecule has 0 atom stereocenters. The van der Waals surface area contributed by atoms with Crippen LogP contribution in [0.3, 0.4) is 0 Å². The molecule has 1 aromatic heterocycles. The van der Waals surface area contributed by atoms with Crippen molar-refractivity contribution in [3.8, 4) is 6.07 Å². The van der Waals surface area contributed by atoms with Crippen LogP contribution < -0.4 is 0 Å². The van der Waals surface area contributed by atoms with Crippen LogP contribution in [-0.2, 0) is 6.42 Å². The second-order valence-electron chi connectivity index (χ2n) is 4.36. The molecule has 0 radical (unpaired) electrons. The van der Waals surface area contributed by atoms with Crippen molar-refractivity contribution in [3.63, 3.8) is 0 Å². The van der Waals surface area contributed by atoms with E-state index in [9.17, 15) is 4.79 Å². The maximum absolute atomic E-state index is 12.2. The molecular formula is C12H19N5O. The lowest BCUT2D eigenvalue weighted by molar-refractivity contribution is 0.0698. The smallest absolute Gasteiger partial charge is 0.293 e. The maximum Gasteiger partial charge on any atom is 0.293 e. The Morgan fingerprint density at radius 3 is 2.83 bits per heavy atom. The molecule has 1 N–H and O–H groups in total. The summed E-state index contributed by atoms with van der Waals surface area (Å²) in [6, 6.07) is 2.07. The van der Waals surface area contributed by atoms with Gasteiger partial charge in [0.1, 0.15) is 5.82 Å². The molecule has 0 bridgehead atoms. The molecule has 6 nitrogen and oxygen atoms in total. The molecule has 0 spiro atoms. The number of rotatable bonds is 6. The van der Waals surface area contributed by atoms with Gasteiger partial charge in [0.05, 0.1) is 12.5 Å². The number of hydrogen-bond donors (Lipinski definition) is 1. The van der Waals surface area contributed by atoms with E-state index in [1.54, 1.807) is 4.90 Å². The summed E-state index contributed by atoms with van der Waals surface area (Å²) < 4.78 is 0. The van der Waals surface area contributed by atoms with E-state index in [0.717, 1.165) is 18.7 Å². The second kappa shape index (κ2) is 6.74. The molecule has 0 unspecified atom stereocenters. The lowest BCUT2D eigenvalue weighted by atomic mass is 10.2. The second-order valence-corrected chi connectivity index (χ2v) is 4.36. The van der Waals surface area contributed by atoms with Crippen LogP contribution in [0.1, 0.15) is 50.1 Å². The summed E-state index contributed by atoms with van der Waals surface area (Å²) in [5.74, 6) is 0.689. The summed E-state index contributed by atoms with van der Waals surface area (Å²) in [7, 11) is 0. The Kier molecular flexibility index (Phi) is 5.31. The van der Waals surface area contributed by atoms with E-state index in [0.29, 0.717) is 13.0 Å². The van der Waals surface area contributed by atoms with Crippen molar-refractivity contribution in [2.75, 3.05) is 6.54 Å². The van der Waals surface area contributed by atoms with Gasteiger partial charge in [0.15, 0.2) is 0 Å². The number of carbonyl (C=O) groups excluding carboxylic acids is 1. The first-order valence-corrected chi connectivity index (χ1v) is 6.19. The molecule has 0 aromatic carbocycles. The van der Waals surface area contributed by atoms with Gasteiger partial charge < -0.3 is 4.90 Å². The van der Waals surface area contributed by atoms with Gasteiger partial charge >= 0.3 is 0 Å². The predicted molar refractivity (Wildman–Crippen MR) is 66.8 cm³/mol. The average Bonchev–Trinajstić information content (AvgIpc) is 2.78. The Balaban J connectivity index is 2.78. The number of aromatic nitrogens is 3. The van der Waals surface area contributed by atoms with Gasteiger partial charge in [0.25, 0.3) is 5.91 Å². The number of nitriles is 1. The minimum absolute atomic E-state index is 0.0268. The molecule has 6 heteroatoms. The van der Waals surface area contributed by atoms with E-state index in [4.69, 9.17) is 5.26 Å². The fourth-order valence-corrected chi connectivity index (χ4v) is 1.63. The standard InChI is InChI=1S/C12H19N5O/c1-4-6-10-14-11(16-15-10)12(18)17(9(2)3)8-5-7-13/h9H,4-6,8H2,1-3H3,(H,14,15,16). The monoisotopic (exact) mass is 249 g/mol. The van der Waals surface area contributed by atoms with Crippen LogP contribution in [-0.4, -0.2) is 38.6 Å². The molecule has 1 heterocycles. The van der Waals surface area contributed by atoms with Crippen molar-refractivity contribution in [1.29, 1.82) is 5.26 Å². The minimum atomic E-state index is -0.223. The molecule has 0 aliphatic rings. The van der Waals surface area contributed by atoms with Crippen LogP contribution in [0.25, 0.3) is 0 Å². The molecule has 0 fully saturated rings. The fourth-order valence-electron chi connectivity index (χ4n) is 1.63. The Labute approximate surface area is 107 Å². The number of amides is 1. The van der Waals surface area contributed by atoms with E-state index >= 15 is 0 Å². The van der Waals surface area contributed by atoms with Crippen molar-refractivity contribution in [3.05, 3.63) is 11.6 Å². The van der Waals surface area contributed by atoms with Crippen LogP contribution in [0.5, 0.6) is 0 Å². The summed E-state index contributed by atoms with van der Waals surface area (Å²) in [6.07, 6.45) is 2.04. The lowest BCUT2D eigenvalue weighted by Crippen LogP contribution is -2.38. The first kappa shape index (κ1) is 14.2. The van der Waals surface area contributed by atoms with E-state index in [1.165, 1.54) is 0 Å². The largest absolute Gasteiger partial charge is 0.332 e. The van der Waals surface area contributed by atoms with Gasteiger partial charge in [-0.2, -0.15) is 5.26 Å². The molecule has 98 valence electrons. The van der Waals surface area contributed by atoms with Gasteiger partial charge in [0.2, 0.25) is 5.82 Å². The number of nitrogens with zero attached hydrogens (tertiary/aromatic N) is 4. The molecule has 1 aromatic rings. The molecule has 0 aliphatic carbocycles. The van der Waals surface area contributed by atoms with Gasteiger partial charge in [-0.3, -0.25) is 9.89 Å². The molecular weight excluding hydrogens is 230 g/mol. The summed E-state index contributed by atoms with van der Waals surface area (Å²) in [5, 5.41) is 15.3. The van der Waals surface area contributed by atoms with Crippen molar-refractivity contribution in [2.24, 2.45) is 0 Å². The van der Waals surface area contributed by atoms with Crippen molar-refractivity contribution in [2.45, 2.75) is 46.1 Å². The zero-order valence-corrected chi connectivity index (χ0v) is 11.1. The third-order valence-electron chi connectivity index (χ3n) is 2.56. The molecule has 0 aliphatic heterocycles. The van der Waals surface area contributed by atoms with Crippen molar-refractivity contribution >= 4 is 5.91 Å². The minimum Gasteiger partial charge on any atom is -0.332 e. The number of nitrogens with one attached hydrogen (secondary N) is 1.